The van der Waals surface area contributed by atoms with Gasteiger partial charge in [0.25, 0.3) is 0 Å². The number of benzene rings is 3. The highest BCUT2D eigenvalue weighted by molar-refractivity contribution is 5.89. The second-order valence-corrected chi connectivity index (χ2v) is 7.67. The van der Waals surface area contributed by atoms with Crippen LogP contribution in [0.3, 0.4) is 0 Å². The quantitative estimate of drug-likeness (QED) is 0.343. The molecule has 1 amide bonds. The van der Waals surface area contributed by atoms with E-state index >= 15 is 0 Å². The van der Waals surface area contributed by atoms with Gasteiger partial charge in [-0.05, 0) is 23.6 Å². The van der Waals surface area contributed by atoms with Gasteiger partial charge >= 0.3 is 0 Å². The van der Waals surface area contributed by atoms with E-state index in [1.54, 1.807) is 0 Å². The van der Waals surface area contributed by atoms with Crippen LogP contribution in [0.2, 0.25) is 0 Å². The Kier molecular flexibility index (Phi) is 5.79. The molecule has 2 N–H and O–H groups in total. The maximum atomic E-state index is 12.6. The molecular formula is C26H26N2O2. The molecule has 0 aromatic heterocycles. The highest BCUT2D eigenvalue weighted by atomic mass is 16.5. The first-order chi connectivity index (χ1) is 14.6. The van der Waals surface area contributed by atoms with Gasteiger partial charge < -0.3 is 10.1 Å². The van der Waals surface area contributed by atoms with E-state index in [4.69, 9.17) is 4.74 Å². The summed E-state index contributed by atoms with van der Waals surface area (Å²) in [4.78, 5) is 12.6. The SMILES string of the molecule is C=C(C)COC1NC(=O)C1NC(c1ccccc1)(c1ccccc1)c1ccccc1. The normalized spacial score (nSPS) is 18.4. The Morgan fingerprint density at radius 3 is 1.70 bits per heavy atom. The van der Waals surface area contributed by atoms with Crippen molar-refractivity contribution in [2.75, 3.05) is 6.61 Å². The molecule has 3 aromatic rings. The first-order valence-electron chi connectivity index (χ1n) is 10.1. The van der Waals surface area contributed by atoms with Crippen LogP contribution in [0.25, 0.3) is 0 Å². The van der Waals surface area contributed by atoms with E-state index in [-0.39, 0.29) is 5.91 Å². The summed E-state index contributed by atoms with van der Waals surface area (Å²) in [5, 5.41) is 6.53. The van der Waals surface area contributed by atoms with Crippen LogP contribution in [0.5, 0.6) is 0 Å². The third kappa shape index (κ3) is 3.80. The molecule has 1 aliphatic heterocycles. The summed E-state index contributed by atoms with van der Waals surface area (Å²) in [5.74, 6) is -0.0751. The Balaban J connectivity index is 1.83. The number of carbonyl (C=O) groups excluding carboxylic acids is 1. The highest BCUT2D eigenvalue weighted by Gasteiger charge is 2.47. The van der Waals surface area contributed by atoms with Crippen molar-refractivity contribution in [3.63, 3.8) is 0 Å². The van der Waals surface area contributed by atoms with Crippen molar-refractivity contribution in [2.24, 2.45) is 0 Å². The van der Waals surface area contributed by atoms with Gasteiger partial charge in [0.15, 0.2) is 6.23 Å². The Morgan fingerprint density at radius 2 is 1.33 bits per heavy atom. The zero-order chi connectivity index (χ0) is 21.0. The molecule has 4 heteroatoms. The van der Waals surface area contributed by atoms with Crippen LogP contribution in [-0.2, 0) is 15.1 Å². The molecule has 1 fully saturated rings. The Labute approximate surface area is 177 Å². The van der Waals surface area contributed by atoms with Gasteiger partial charge in [-0.1, -0.05) is 103 Å². The van der Waals surface area contributed by atoms with Crippen LogP contribution in [0, 0.1) is 0 Å². The highest BCUT2D eigenvalue weighted by Crippen LogP contribution is 2.38. The van der Waals surface area contributed by atoms with E-state index < -0.39 is 17.8 Å². The molecule has 3 aromatic carbocycles. The van der Waals surface area contributed by atoms with Gasteiger partial charge in [-0.15, -0.1) is 0 Å². The minimum atomic E-state index is -0.711. The number of rotatable bonds is 8. The van der Waals surface area contributed by atoms with E-state index in [0.717, 1.165) is 22.3 Å². The first kappa shape index (κ1) is 20.1. The molecule has 1 aliphatic rings. The molecule has 1 heterocycles. The Bertz CT molecular complexity index is 906. The molecule has 1 saturated heterocycles. The minimum absolute atomic E-state index is 0.0751. The van der Waals surface area contributed by atoms with Crippen molar-refractivity contribution < 1.29 is 9.53 Å². The van der Waals surface area contributed by atoms with Crippen molar-refractivity contribution in [1.29, 1.82) is 0 Å². The molecule has 0 bridgehead atoms. The van der Waals surface area contributed by atoms with E-state index in [1.807, 2.05) is 61.5 Å². The van der Waals surface area contributed by atoms with Gasteiger partial charge in [0, 0.05) is 0 Å². The predicted octanol–water partition coefficient (Wildman–Crippen LogP) is 3.99. The molecule has 4 rings (SSSR count). The number of β-lactam (4-membered cyclic amide) rings is 1. The third-order valence-electron chi connectivity index (χ3n) is 5.37. The lowest BCUT2D eigenvalue weighted by Crippen LogP contribution is -2.72. The number of hydrogen-bond donors (Lipinski definition) is 2. The summed E-state index contributed by atoms with van der Waals surface area (Å²) in [6.07, 6.45) is -0.412. The Hall–Kier alpha value is -3.21. The van der Waals surface area contributed by atoms with Crippen LogP contribution in [0.4, 0.5) is 0 Å². The van der Waals surface area contributed by atoms with Crippen LogP contribution in [0.1, 0.15) is 23.6 Å². The van der Waals surface area contributed by atoms with Gasteiger partial charge in [-0.25, -0.2) is 0 Å². The standard InChI is InChI=1S/C26H26N2O2/c1-19(2)18-30-25-23(24(29)27-25)28-26(20-12-6-3-7-13-20,21-14-8-4-9-15-21)22-16-10-5-11-17-22/h3-17,23,25,28H,1,18H2,2H3,(H,27,29). The number of hydrogen-bond acceptors (Lipinski definition) is 3. The van der Waals surface area contributed by atoms with Crippen molar-refractivity contribution >= 4 is 5.91 Å². The van der Waals surface area contributed by atoms with Gasteiger partial charge in [0.2, 0.25) is 5.91 Å². The summed E-state index contributed by atoms with van der Waals surface area (Å²) in [7, 11) is 0. The third-order valence-corrected chi connectivity index (χ3v) is 5.37. The molecule has 2 unspecified atom stereocenters. The van der Waals surface area contributed by atoms with Crippen LogP contribution in [-0.4, -0.2) is 24.8 Å². The largest absolute Gasteiger partial charge is 0.352 e. The summed E-state index contributed by atoms with van der Waals surface area (Å²) < 4.78 is 5.88. The van der Waals surface area contributed by atoms with E-state index in [1.165, 1.54) is 0 Å². The maximum Gasteiger partial charge on any atom is 0.243 e. The molecule has 0 saturated carbocycles. The molecule has 30 heavy (non-hydrogen) atoms. The number of nitrogens with one attached hydrogen (secondary N) is 2. The van der Waals surface area contributed by atoms with Crippen LogP contribution in [0.15, 0.2) is 103 Å². The van der Waals surface area contributed by atoms with E-state index in [9.17, 15) is 4.79 Å². The molecule has 0 spiro atoms. The number of ether oxygens (including phenoxy) is 1. The summed E-state index contributed by atoms with van der Waals surface area (Å²) in [6, 6.07) is 30.2. The van der Waals surface area contributed by atoms with E-state index in [0.29, 0.717) is 6.61 Å². The van der Waals surface area contributed by atoms with E-state index in [2.05, 4.69) is 53.6 Å². The summed E-state index contributed by atoms with van der Waals surface area (Å²) in [6.45, 7) is 6.20. The fourth-order valence-corrected chi connectivity index (χ4v) is 3.91. The predicted molar refractivity (Wildman–Crippen MR) is 119 cm³/mol. The lowest BCUT2D eigenvalue weighted by molar-refractivity contribution is -0.147. The van der Waals surface area contributed by atoms with Gasteiger partial charge in [0.05, 0.1) is 12.1 Å². The Morgan fingerprint density at radius 1 is 0.900 bits per heavy atom. The zero-order valence-electron chi connectivity index (χ0n) is 17.0. The smallest absolute Gasteiger partial charge is 0.243 e. The molecule has 0 aliphatic carbocycles. The topological polar surface area (TPSA) is 50.4 Å². The number of carbonyl (C=O) groups is 1. The lowest BCUT2D eigenvalue weighted by Gasteiger charge is -2.45. The zero-order valence-corrected chi connectivity index (χ0v) is 17.0. The first-order valence-corrected chi connectivity index (χ1v) is 10.1. The van der Waals surface area contributed by atoms with Gasteiger partial charge in [-0.3, -0.25) is 10.1 Å². The monoisotopic (exact) mass is 398 g/mol. The summed E-state index contributed by atoms with van der Waals surface area (Å²) in [5.41, 5.74) is 3.37. The van der Waals surface area contributed by atoms with Crippen molar-refractivity contribution in [3.8, 4) is 0 Å². The average molecular weight is 399 g/mol. The molecular weight excluding hydrogens is 372 g/mol. The van der Waals surface area contributed by atoms with Crippen molar-refractivity contribution in [1.82, 2.24) is 10.6 Å². The van der Waals surface area contributed by atoms with Crippen molar-refractivity contribution in [2.45, 2.75) is 24.7 Å². The molecule has 4 nitrogen and oxygen atoms in total. The fraction of sp³-hybridized carbons (Fsp3) is 0.192. The number of amides is 1. The van der Waals surface area contributed by atoms with Crippen molar-refractivity contribution in [3.05, 3.63) is 120 Å². The molecule has 152 valence electrons. The average Bonchev–Trinajstić information content (AvgIpc) is 2.79. The summed E-state index contributed by atoms with van der Waals surface area (Å²) >= 11 is 0. The van der Waals surface area contributed by atoms with Gasteiger partial charge in [0.1, 0.15) is 6.04 Å². The van der Waals surface area contributed by atoms with Crippen LogP contribution >= 0.6 is 0 Å². The lowest BCUT2D eigenvalue weighted by atomic mass is 9.76. The molecule has 0 radical (unpaired) electrons. The molecule has 2 atom stereocenters. The second kappa shape index (κ2) is 8.66. The second-order valence-electron chi connectivity index (χ2n) is 7.67. The van der Waals surface area contributed by atoms with Crippen LogP contribution < -0.4 is 10.6 Å². The minimum Gasteiger partial charge on any atom is -0.352 e. The fourth-order valence-electron chi connectivity index (χ4n) is 3.91. The van der Waals surface area contributed by atoms with Gasteiger partial charge in [-0.2, -0.15) is 0 Å². The maximum absolute atomic E-state index is 12.6.